The molecule has 2 aliphatic rings. The predicted octanol–water partition coefficient (Wildman–Crippen LogP) is 0.646. The molecule has 0 aromatic rings. The van der Waals surface area contributed by atoms with Crippen molar-refractivity contribution in [2.45, 2.75) is 50.9 Å². The van der Waals surface area contributed by atoms with Gasteiger partial charge in [-0.3, -0.25) is 4.79 Å². The Labute approximate surface area is 112 Å². The van der Waals surface area contributed by atoms with Gasteiger partial charge in [0.2, 0.25) is 0 Å². The zero-order chi connectivity index (χ0) is 13.8. The summed E-state index contributed by atoms with van der Waals surface area (Å²) in [5.41, 5.74) is 0. The molecule has 0 radical (unpaired) electrons. The fraction of sp³-hybridized carbons (Fsp3) is 0.846. The van der Waals surface area contributed by atoms with Crippen LogP contribution in [-0.2, 0) is 19.1 Å². The molecule has 0 aromatic carbocycles. The van der Waals surface area contributed by atoms with Crippen molar-refractivity contribution in [1.29, 1.82) is 0 Å². The van der Waals surface area contributed by atoms with E-state index in [-0.39, 0.29) is 12.0 Å². The molecule has 0 saturated carbocycles. The monoisotopic (exact) mass is 271 g/mol. The molecule has 3 atom stereocenters. The molecular formula is C13H21NO5. The molecule has 2 saturated heterocycles. The highest BCUT2D eigenvalue weighted by atomic mass is 16.5. The van der Waals surface area contributed by atoms with Gasteiger partial charge in [0.05, 0.1) is 12.7 Å². The summed E-state index contributed by atoms with van der Waals surface area (Å²) in [6.45, 7) is 3.33. The van der Waals surface area contributed by atoms with E-state index in [9.17, 15) is 9.59 Å². The van der Waals surface area contributed by atoms with Gasteiger partial charge < -0.3 is 19.5 Å². The Morgan fingerprint density at radius 2 is 2.21 bits per heavy atom. The predicted molar refractivity (Wildman–Crippen MR) is 66.8 cm³/mol. The van der Waals surface area contributed by atoms with Crippen molar-refractivity contribution in [2.75, 3.05) is 19.8 Å². The molecule has 6 heteroatoms. The fourth-order valence-corrected chi connectivity index (χ4v) is 2.62. The normalized spacial score (nSPS) is 28.6. The van der Waals surface area contributed by atoms with E-state index in [1.165, 1.54) is 4.90 Å². The summed E-state index contributed by atoms with van der Waals surface area (Å²) >= 11 is 0. The smallest absolute Gasteiger partial charge is 0.326 e. The van der Waals surface area contributed by atoms with E-state index in [4.69, 9.17) is 14.6 Å². The van der Waals surface area contributed by atoms with E-state index < -0.39 is 18.1 Å². The third kappa shape index (κ3) is 3.45. The quantitative estimate of drug-likeness (QED) is 0.794. The van der Waals surface area contributed by atoms with Crippen molar-refractivity contribution < 1.29 is 24.2 Å². The lowest BCUT2D eigenvalue weighted by Crippen LogP contribution is -2.45. The Kier molecular flexibility index (Phi) is 4.76. The number of amides is 1. The lowest BCUT2D eigenvalue weighted by atomic mass is 10.2. The Hall–Kier alpha value is -1.14. The number of hydrogen-bond donors (Lipinski definition) is 1. The number of rotatable bonds is 5. The summed E-state index contributed by atoms with van der Waals surface area (Å²) in [7, 11) is 0. The maximum atomic E-state index is 12.2. The molecular weight excluding hydrogens is 250 g/mol. The number of likely N-dealkylation sites (tertiary alicyclic amines) is 1. The zero-order valence-electron chi connectivity index (χ0n) is 11.2. The van der Waals surface area contributed by atoms with Crippen LogP contribution in [0.25, 0.3) is 0 Å². The lowest BCUT2D eigenvalue weighted by Gasteiger charge is -2.25. The van der Waals surface area contributed by atoms with Crippen LogP contribution in [0.15, 0.2) is 0 Å². The average Bonchev–Trinajstić information content (AvgIpc) is 3.05. The Bertz CT molecular complexity index is 340. The molecule has 0 aliphatic carbocycles. The van der Waals surface area contributed by atoms with Gasteiger partial charge in [0, 0.05) is 13.2 Å². The van der Waals surface area contributed by atoms with Crippen molar-refractivity contribution in [2.24, 2.45) is 0 Å². The highest BCUT2D eigenvalue weighted by Gasteiger charge is 2.36. The number of carboxylic acid groups (broad SMARTS) is 1. The topological polar surface area (TPSA) is 76.1 Å². The Balaban J connectivity index is 1.82. The van der Waals surface area contributed by atoms with Crippen LogP contribution in [0.4, 0.5) is 0 Å². The first-order valence-electron chi connectivity index (χ1n) is 6.86. The van der Waals surface area contributed by atoms with Crippen LogP contribution in [0, 0.1) is 0 Å². The molecule has 0 aromatic heterocycles. The summed E-state index contributed by atoms with van der Waals surface area (Å²) in [5, 5.41) is 9.06. The maximum absolute atomic E-state index is 12.2. The number of carbonyl (C=O) groups is 2. The van der Waals surface area contributed by atoms with E-state index in [0.717, 1.165) is 25.9 Å². The second-order valence-corrected chi connectivity index (χ2v) is 5.14. The molecule has 0 bridgehead atoms. The minimum atomic E-state index is -0.933. The minimum Gasteiger partial charge on any atom is -0.480 e. The second kappa shape index (κ2) is 6.34. The van der Waals surface area contributed by atoms with Gasteiger partial charge in [-0.2, -0.15) is 0 Å². The van der Waals surface area contributed by atoms with Gasteiger partial charge in [-0.25, -0.2) is 4.79 Å². The summed E-state index contributed by atoms with van der Waals surface area (Å²) < 4.78 is 10.9. The number of carboxylic acids is 1. The SMILES string of the molecule is C[C@H](OC[C@H]1CCCO1)C(=O)N1CCC[C@@H]1C(=O)O. The Morgan fingerprint density at radius 3 is 2.84 bits per heavy atom. The number of ether oxygens (including phenoxy) is 2. The van der Waals surface area contributed by atoms with E-state index >= 15 is 0 Å². The maximum Gasteiger partial charge on any atom is 0.326 e. The van der Waals surface area contributed by atoms with Crippen molar-refractivity contribution >= 4 is 11.9 Å². The summed E-state index contributed by atoms with van der Waals surface area (Å²) in [6.07, 6.45) is 2.72. The van der Waals surface area contributed by atoms with Gasteiger partial charge in [-0.15, -0.1) is 0 Å². The van der Waals surface area contributed by atoms with Gasteiger partial charge in [0.15, 0.2) is 0 Å². The third-order valence-electron chi connectivity index (χ3n) is 3.72. The van der Waals surface area contributed by atoms with E-state index in [2.05, 4.69) is 0 Å². The molecule has 0 unspecified atom stereocenters. The van der Waals surface area contributed by atoms with Crippen LogP contribution in [0.5, 0.6) is 0 Å². The molecule has 2 aliphatic heterocycles. The van der Waals surface area contributed by atoms with E-state index in [0.29, 0.717) is 19.6 Å². The van der Waals surface area contributed by atoms with E-state index in [1.807, 2.05) is 0 Å². The van der Waals surface area contributed by atoms with Crippen molar-refractivity contribution in [3.8, 4) is 0 Å². The molecule has 108 valence electrons. The first-order valence-corrected chi connectivity index (χ1v) is 6.86. The van der Waals surface area contributed by atoms with Crippen molar-refractivity contribution in [3.63, 3.8) is 0 Å². The van der Waals surface area contributed by atoms with Crippen LogP contribution in [0.2, 0.25) is 0 Å². The second-order valence-electron chi connectivity index (χ2n) is 5.14. The lowest BCUT2D eigenvalue weighted by molar-refractivity contribution is -0.154. The zero-order valence-corrected chi connectivity index (χ0v) is 11.2. The molecule has 1 N–H and O–H groups in total. The number of carbonyl (C=O) groups excluding carboxylic acids is 1. The highest BCUT2D eigenvalue weighted by molar-refractivity contribution is 5.86. The molecule has 0 spiro atoms. The first-order chi connectivity index (χ1) is 9.09. The number of nitrogens with zero attached hydrogens (tertiary/aromatic N) is 1. The molecule has 1 amide bonds. The van der Waals surface area contributed by atoms with Gasteiger partial charge in [-0.05, 0) is 32.6 Å². The minimum absolute atomic E-state index is 0.0732. The van der Waals surface area contributed by atoms with Gasteiger partial charge in [0.25, 0.3) is 5.91 Å². The van der Waals surface area contributed by atoms with Crippen molar-refractivity contribution in [1.82, 2.24) is 4.90 Å². The summed E-state index contributed by atoms with van der Waals surface area (Å²) in [6, 6.07) is -0.693. The van der Waals surface area contributed by atoms with Crippen LogP contribution in [0.1, 0.15) is 32.6 Å². The highest BCUT2D eigenvalue weighted by Crippen LogP contribution is 2.20. The molecule has 2 heterocycles. The Morgan fingerprint density at radius 1 is 1.42 bits per heavy atom. The standard InChI is InChI=1S/C13H21NO5/c1-9(19-8-10-4-3-7-18-10)12(15)14-6-2-5-11(14)13(16)17/h9-11H,2-8H2,1H3,(H,16,17)/t9-,10+,11+/m0/s1. The third-order valence-corrected chi connectivity index (χ3v) is 3.72. The van der Waals surface area contributed by atoms with Gasteiger partial charge in [0.1, 0.15) is 12.1 Å². The average molecular weight is 271 g/mol. The largest absolute Gasteiger partial charge is 0.480 e. The first kappa shape index (κ1) is 14.3. The molecule has 19 heavy (non-hydrogen) atoms. The van der Waals surface area contributed by atoms with Gasteiger partial charge in [-0.1, -0.05) is 0 Å². The van der Waals surface area contributed by atoms with Crippen LogP contribution in [0.3, 0.4) is 0 Å². The molecule has 2 fully saturated rings. The van der Waals surface area contributed by atoms with E-state index in [1.54, 1.807) is 6.92 Å². The number of hydrogen-bond acceptors (Lipinski definition) is 4. The summed E-state index contributed by atoms with van der Waals surface area (Å²) in [5.74, 6) is -1.17. The van der Waals surface area contributed by atoms with Crippen LogP contribution < -0.4 is 0 Å². The molecule has 2 rings (SSSR count). The molecule has 6 nitrogen and oxygen atoms in total. The number of aliphatic carboxylic acids is 1. The summed E-state index contributed by atoms with van der Waals surface area (Å²) in [4.78, 5) is 24.6. The fourth-order valence-electron chi connectivity index (χ4n) is 2.62. The van der Waals surface area contributed by atoms with Gasteiger partial charge >= 0.3 is 5.97 Å². The van der Waals surface area contributed by atoms with Crippen LogP contribution in [-0.4, -0.2) is 59.9 Å². The van der Waals surface area contributed by atoms with Crippen molar-refractivity contribution in [3.05, 3.63) is 0 Å². The van der Waals surface area contributed by atoms with Crippen LogP contribution >= 0.6 is 0 Å².